The second-order valence-corrected chi connectivity index (χ2v) is 15.6. The minimum Gasteiger partial charge on any atom is -0.275 e. The van der Waals surface area contributed by atoms with Crippen LogP contribution in [0.3, 0.4) is 0 Å². The highest BCUT2D eigenvalue weighted by molar-refractivity contribution is 7.26. The van der Waals surface area contributed by atoms with Gasteiger partial charge in [-0.3, -0.25) is 4.57 Å². The highest BCUT2D eigenvalue weighted by atomic mass is 32.1. The van der Waals surface area contributed by atoms with Gasteiger partial charge in [0.1, 0.15) is 0 Å². The molecule has 0 bridgehead atoms. The van der Waals surface area contributed by atoms with Crippen molar-refractivity contribution in [2.45, 2.75) is 5.41 Å². The summed E-state index contributed by atoms with van der Waals surface area (Å²) in [5, 5.41) is 12.4. The highest BCUT2D eigenvalue weighted by Crippen LogP contribution is 2.63. The molecule has 256 valence electrons. The van der Waals surface area contributed by atoms with Gasteiger partial charge in [0.15, 0.2) is 11.6 Å². The largest absolute Gasteiger partial charge is 0.275 e. The molecular weight excluding hydrogens is 687 g/mol. The van der Waals surface area contributed by atoms with E-state index in [0.29, 0.717) is 0 Å². The van der Waals surface area contributed by atoms with Gasteiger partial charge in [0.2, 0.25) is 0 Å². The number of rotatable bonds is 4. The SMILES string of the molecule is c1ccc(-c2nnc(-c3ccc(-c4cccc5c4sc4ccccc45)cc3)n2-c2ccc3c(c2)C2(c4ccccc4-c4ccccc42)c2ccccc2-3)cc1. The van der Waals surface area contributed by atoms with Crippen LogP contribution in [0.4, 0.5) is 0 Å². The number of nitrogens with zero attached hydrogens (tertiary/aromatic N) is 3. The zero-order chi connectivity index (χ0) is 36.1. The first-order valence-corrected chi connectivity index (χ1v) is 19.6. The highest BCUT2D eigenvalue weighted by Gasteiger charge is 2.51. The topological polar surface area (TPSA) is 30.7 Å². The molecule has 8 aromatic carbocycles. The second kappa shape index (κ2) is 11.6. The van der Waals surface area contributed by atoms with Gasteiger partial charge >= 0.3 is 0 Å². The summed E-state index contributed by atoms with van der Waals surface area (Å²) in [6.07, 6.45) is 0. The Morgan fingerprint density at radius 2 is 0.891 bits per heavy atom. The molecule has 1 spiro atoms. The zero-order valence-corrected chi connectivity index (χ0v) is 30.5. The Morgan fingerprint density at radius 1 is 0.382 bits per heavy atom. The van der Waals surface area contributed by atoms with Crippen LogP contribution in [-0.2, 0) is 5.41 Å². The molecule has 0 saturated heterocycles. The molecule has 55 heavy (non-hydrogen) atoms. The summed E-state index contributed by atoms with van der Waals surface area (Å²) in [5.74, 6) is 1.62. The lowest BCUT2D eigenvalue weighted by molar-refractivity contribution is 0.792. The lowest BCUT2D eigenvalue weighted by Crippen LogP contribution is -2.26. The fourth-order valence-electron chi connectivity index (χ4n) is 9.49. The van der Waals surface area contributed by atoms with Gasteiger partial charge in [-0.1, -0.05) is 170 Å². The van der Waals surface area contributed by atoms with E-state index >= 15 is 0 Å². The van der Waals surface area contributed by atoms with Gasteiger partial charge in [0.25, 0.3) is 0 Å². The minimum atomic E-state index is -0.439. The molecule has 12 rings (SSSR count). The van der Waals surface area contributed by atoms with Crippen molar-refractivity contribution in [1.29, 1.82) is 0 Å². The van der Waals surface area contributed by atoms with Crippen molar-refractivity contribution in [3.63, 3.8) is 0 Å². The summed E-state index contributed by atoms with van der Waals surface area (Å²) in [6, 6.07) is 68.5. The second-order valence-electron chi connectivity index (χ2n) is 14.5. The van der Waals surface area contributed by atoms with Gasteiger partial charge in [0, 0.05) is 37.0 Å². The molecule has 3 nitrogen and oxygen atoms in total. The van der Waals surface area contributed by atoms with Crippen molar-refractivity contribution in [1.82, 2.24) is 14.8 Å². The van der Waals surface area contributed by atoms with Crippen molar-refractivity contribution < 1.29 is 0 Å². The van der Waals surface area contributed by atoms with Crippen LogP contribution < -0.4 is 0 Å². The van der Waals surface area contributed by atoms with Gasteiger partial charge in [-0.2, -0.15) is 0 Å². The van der Waals surface area contributed by atoms with Crippen LogP contribution in [0.15, 0.2) is 188 Å². The Kier molecular flexibility index (Phi) is 6.42. The van der Waals surface area contributed by atoms with Gasteiger partial charge in [-0.05, 0) is 73.8 Å². The Hall–Kier alpha value is -6.88. The fraction of sp³-hybridized carbons (Fsp3) is 0.0196. The van der Waals surface area contributed by atoms with Gasteiger partial charge in [0.05, 0.1) is 5.41 Å². The Labute approximate surface area is 322 Å². The van der Waals surface area contributed by atoms with Crippen molar-refractivity contribution in [2.24, 2.45) is 0 Å². The predicted molar refractivity (Wildman–Crippen MR) is 227 cm³/mol. The van der Waals surface area contributed by atoms with Crippen molar-refractivity contribution >= 4 is 31.5 Å². The fourth-order valence-corrected chi connectivity index (χ4v) is 10.7. The monoisotopic (exact) mass is 717 g/mol. The van der Waals surface area contributed by atoms with E-state index in [4.69, 9.17) is 10.2 Å². The maximum absolute atomic E-state index is 4.93. The van der Waals surface area contributed by atoms with Crippen molar-refractivity contribution in [2.75, 3.05) is 0 Å². The standard InChI is InChI=1S/C51H31N3S/c1-2-13-33(14-3-1)49-52-53-50(34-27-25-32(26-28-34)36-19-12-20-42-41-18-7-11-24-47(41)55-48(36)42)54(49)35-29-30-40-39-17-6-10-23-45(39)51(46(40)31-35)43-21-8-4-15-37(43)38-16-5-9-22-44(38)51/h1-31H. The number of hydrogen-bond acceptors (Lipinski definition) is 3. The third-order valence-electron chi connectivity index (χ3n) is 11.8. The van der Waals surface area contributed by atoms with Crippen molar-refractivity contribution in [3.05, 3.63) is 210 Å². The molecule has 0 amide bonds. The first kappa shape index (κ1) is 30.6. The van der Waals surface area contributed by atoms with E-state index in [0.717, 1.165) is 28.5 Å². The first-order chi connectivity index (χ1) is 27.3. The van der Waals surface area contributed by atoms with E-state index in [2.05, 4.69) is 187 Å². The molecule has 0 aliphatic heterocycles. The lowest BCUT2D eigenvalue weighted by atomic mass is 9.70. The quantitative estimate of drug-likeness (QED) is 0.181. The van der Waals surface area contributed by atoms with Crippen LogP contribution >= 0.6 is 11.3 Å². The van der Waals surface area contributed by atoms with E-state index in [1.807, 2.05) is 17.4 Å². The van der Waals surface area contributed by atoms with E-state index in [1.54, 1.807) is 0 Å². The summed E-state index contributed by atoms with van der Waals surface area (Å²) in [7, 11) is 0. The Balaban J connectivity index is 1.06. The number of hydrogen-bond donors (Lipinski definition) is 0. The molecule has 0 unspecified atom stereocenters. The van der Waals surface area contributed by atoms with E-state index in [-0.39, 0.29) is 0 Å². The van der Waals surface area contributed by atoms with Crippen LogP contribution in [0.5, 0.6) is 0 Å². The molecule has 0 saturated carbocycles. The molecule has 2 aliphatic rings. The molecule has 0 atom stereocenters. The molecular formula is C51H31N3S. The molecule has 0 N–H and O–H groups in total. The van der Waals surface area contributed by atoms with E-state index in [9.17, 15) is 0 Å². The molecule has 10 aromatic rings. The summed E-state index contributed by atoms with van der Waals surface area (Å²) >= 11 is 1.86. The molecule has 0 fully saturated rings. The van der Waals surface area contributed by atoms with Crippen LogP contribution in [0.1, 0.15) is 22.3 Å². The van der Waals surface area contributed by atoms with Gasteiger partial charge in [-0.15, -0.1) is 21.5 Å². The number of benzene rings is 8. The number of thiophene rings is 1. The van der Waals surface area contributed by atoms with Gasteiger partial charge < -0.3 is 0 Å². The van der Waals surface area contributed by atoms with E-state index in [1.165, 1.54) is 75.8 Å². The van der Waals surface area contributed by atoms with Crippen LogP contribution in [0.2, 0.25) is 0 Å². The molecule has 2 aromatic heterocycles. The first-order valence-electron chi connectivity index (χ1n) is 18.7. The van der Waals surface area contributed by atoms with Crippen LogP contribution in [0, 0.1) is 0 Å². The Bertz CT molecular complexity index is 3090. The molecule has 0 radical (unpaired) electrons. The van der Waals surface area contributed by atoms with Crippen LogP contribution in [-0.4, -0.2) is 14.8 Å². The maximum Gasteiger partial charge on any atom is 0.168 e. The summed E-state index contributed by atoms with van der Waals surface area (Å²) in [4.78, 5) is 0. The Morgan fingerprint density at radius 3 is 1.56 bits per heavy atom. The number of aromatic nitrogens is 3. The van der Waals surface area contributed by atoms with Crippen molar-refractivity contribution in [3.8, 4) is 61.8 Å². The normalized spacial score (nSPS) is 13.2. The summed E-state index contributed by atoms with van der Waals surface area (Å²) < 4.78 is 4.88. The lowest BCUT2D eigenvalue weighted by Gasteiger charge is -2.30. The summed E-state index contributed by atoms with van der Waals surface area (Å²) in [5.41, 5.74) is 15.5. The zero-order valence-electron chi connectivity index (χ0n) is 29.6. The minimum absolute atomic E-state index is 0.439. The van der Waals surface area contributed by atoms with Crippen LogP contribution in [0.25, 0.3) is 82.0 Å². The molecule has 4 heteroatoms. The average molecular weight is 718 g/mol. The molecule has 2 aliphatic carbocycles. The van der Waals surface area contributed by atoms with E-state index < -0.39 is 5.41 Å². The third kappa shape index (κ3) is 4.20. The summed E-state index contributed by atoms with van der Waals surface area (Å²) in [6.45, 7) is 0. The third-order valence-corrected chi connectivity index (χ3v) is 13.0. The smallest absolute Gasteiger partial charge is 0.168 e. The molecule has 2 heterocycles. The maximum atomic E-state index is 4.93. The number of fused-ring (bicyclic) bond motifs is 13. The predicted octanol–water partition coefficient (Wildman–Crippen LogP) is 13.0. The van der Waals surface area contributed by atoms with Gasteiger partial charge in [-0.25, -0.2) is 0 Å². The average Bonchev–Trinajstić information content (AvgIpc) is 4.01.